The average molecular weight is 333 g/mol. The number of aromatic nitrogens is 3. The summed E-state index contributed by atoms with van der Waals surface area (Å²) in [6.45, 7) is 0.570. The Bertz CT molecular complexity index is 1110. The normalized spacial score (nSPS) is 11.1. The van der Waals surface area contributed by atoms with Crippen LogP contribution >= 0.6 is 0 Å². The Morgan fingerprint density at radius 2 is 1.76 bits per heavy atom. The van der Waals surface area contributed by atoms with Crippen LogP contribution in [0.3, 0.4) is 0 Å². The Morgan fingerprint density at radius 1 is 1.00 bits per heavy atom. The van der Waals surface area contributed by atoms with E-state index in [-0.39, 0.29) is 11.4 Å². The van der Waals surface area contributed by atoms with Gasteiger partial charge in [-0.05, 0) is 41.0 Å². The standard InChI is InChI=1S/C20H16FN3O/c1-23-13-17(6-9-20(23)25)15-4-5-16-11-22-24(19(16)10-15)12-14-2-7-18(21)8-3-14/h2-11,13H,12H2,1H3. The fourth-order valence-corrected chi connectivity index (χ4v) is 2.90. The van der Waals surface area contributed by atoms with E-state index in [0.29, 0.717) is 6.54 Å². The quantitative estimate of drug-likeness (QED) is 0.575. The third-order valence-corrected chi connectivity index (χ3v) is 4.31. The van der Waals surface area contributed by atoms with Crippen molar-refractivity contribution in [3.63, 3.8) is 0 Å². The van der Waals surface area contributed by atoms with Gasteiger partial charge in [-0.3, -0.25) is 9.48 Å². The van der Waals surface area contributed by atoms with E-state index in [1.165, 1.54) is 12.1 Å². The lowest BCUT2D eigenvalue weighted by Crippen LogP contribution is -2.13. The lowest BCUT2D eigenvalue weighted by atomic mass is 10.1. The van der Waals surface area contributed by atoms with E-state index in [1.807, 2.05) is 35.3 Å². The van der Waals surface area contributed by atoms with Gasteiger partial charge in [0.25, 0.3) is 0 Å². The SMILES string of the molecule is Cn1cc(-c2ccc3cnn(Cc4ccc(F)cc4)c3c2)ccc1=O. The van der Waals surface area contributed by atoms with Gasteiger partial charge in [-0.15, -0.1) is 0 Å². The molecular formula is C20H16FN3O. The molecule has 2 aromatic heterocycles. The van der Waals surface area contributed by atoms with Crippen LogP contribution in [0.4, 0.5) is 4.39 Å². The monoisotopic (exact) mass is 333 g/mol. The zero-order chi connectivity index (χ0) is 17.4. The highest BCUT2D eigenvalue weighted by atomic mass is 19.1. The second-order valence-corrected chi connectivity index (χ2v) is 6.07. The minimum Gasteiger partial charge on any atom is -0.318 e. The number of hydrogen-bond acceptors (Lipinski definition) is 2. The summed E-state index contributed by atoms with van der Waals surface area (Å²) >= 11 is 0. The molecule has 124 valence electrons. The topological polar surface area (TPSA) is 39.8 Å². The van der Waals surface area contributed by atoms with Gasteiger partial charge in [0.15, 0.2) is 0 Å². The summed E-state index contributed by atoms with van der Waals surface area (Å²) in [7, 11) is 1.74. The smallest absolute Gasteiger partial charge is 0.250 e. The second kappa shape index (κ2) is 6.02. The van der Waals surface area contributed by atoms with Crippen molar-refractivity contribution in [2.24, 2.45) is 7.05 Å². The average Bonchev–Trinajstić information content (AvgIpc) is 3.01. The molecule has 2 aromatic carbocycles. The third-order valence-electron chi connectivity index (χ3n) is 4.31. The van der Waals surface area contributed by atoms with Gasteiger partial charge in [-0.25, -0.2) is 4.39 Å². The summed E-state index contributed by atoms with van der Waals surface area (Å²) in [6.07, 6.45) is 3.65. The molecule has 5 heteroatoms. The van der Waals surface area contributed by atoms with Crippen molar-refractivity contribution in [3.8, 4) is 11.1 Å². The molecule has 0 N–H and O–H groups in total. The van der Waals surface area contributed by atoms with Crippen LogP contribution in [0.2, 0.25) is 0 Å². The van der Waals surface area contributed by atoms with Crippen LogP contribution in [-0.2, 0) is 13.6 Å². The zero-order valence-electron chi connectivity index (χ0n) is 13.7. The zero-order valence-corrected chi connectivity index (χ0v) is 13.7. The summed E-state index contributed by atoms with van der Waals surface area (Å²) in [4.78, 5) is 11.6. The maximum atomic E-state index is 13.1. The van der Waals surface area contributed by atoms with Crippen molar-refractivity contribution in [2.75, 3.05) is 0 Å². The fraction of sp³-hybridized carbons (Fsp3) is 0.100. The number of hydrogen-bond donors (Lipinski definition) is 0. The fourth-order valence-electron chi connectivity index (χ4n) is 2.90. The number of halogens is 1. The molecule has 0 saturated heterocycles. The van der Waals surface area contributed by atoms with Gasteiger partial charge in [0.2, 0.25) is 5.56 Å². The predicted octanol–water partition coefficient (Wildman–Crippen LogP) is 3.59. The first kappa shape index (κ1) is 15.3. The Labute approximate surface area is 143 Å². The lowest BCUT2D eigenvalue weighted by Gasteiger charge is -2.07. The molecule has 0 radical (unpaired) electrons. The molecule has 25 heavy (non-hydrogen) atoms. The number of fused-ring (bicyclic) bond motifs is 1. The van der Waals surface area contributed by atoms with E-state index in [1.54, 1.807) is 29.8 Å². The number of nitrogens with zero attached hydrogens (tertiary/aromatic N) is 3. The molecule has 4 aromatic rings. The Morgan fingerprint density at radius 3 is 2.52 bits per heavy atom. The molecule has 0 fully saturated rings. The van der Waals surface area contributed by atoms with Crippen LogP contribution in [0, 0.1) is 5.82 Å². The third kappa shape index (κ3) is 2.96. The van der Waals surface area contributed by atoms with Crippen molar-refractivity contribution in [1.29, 1.82) is 0 Å². The lowest BCUT2D eigenvalue weighted by molar-refractivity contribution is 0.625. The number of benzene rings is 2. The molecule has 4 rings (SSSR count). The van der Waals surface area contributed by atoms with Crippen LogP contribution in [-0.4, -0.2) is 14.3 Å². The van der Waals surface area contributed by atoms with E-state index in [0.717, 1.165) is 27.6 Å². The molecule has 0 aliphatic rings. The number of pyridine rings is 1. The molecule has 4 nitrogen and oxygen atoms in total. The van der Waals surface area contributed by atoms with E-state index < -0.39 is 0 Å². The van der Waals surface area contributed by atoms with Crippen LogP contribution in [0.5, 0.6) is 0 Å². The highest BCUT2D eigenvalue weighted by Gasteiger charge is 2.07. The summed E-state index contributed by atoms with van der Waals surface area (Å²) in [5.74, 6) is -0.244. The van der Waals surface area contributed by atoms with Gasteiger partial charge >= 0.3 is 0 Å². The van der Waals surface area contributed by atoms with Crippen molar-refractivity contribution in [1.82, 2.24) is 14.3 Å². The summed E-state index contributed by atoms with van der Waals surface area (Å²) in [5.41, 5.74) is 3.93. The van der Waals surface area contributed by atoms with E-state index in [9.17, 15) is 9.18 Å². The van der Waals surface area contributed by atoms with E-state index in [4.69, 9.17) is 0 Å². The second-order valence-electron chi connectivity index (χ2n) is 6.07. The van der Waals surface area contributed by atoms with Gasteiger partial charge in [0.05, 0.1) is 18.3 Å². The van der Waals surface area contributed by atoms with E-state index in [2.05, 4.69) is 11.2 Å². The van der Waals surface area contributed by atoms with Crippen LogP contribution < -0.4 is 5.56 Å². The molecular weight excluding hydrogens is 317 g/mol. The molecule has 0 bridgehead atoms. The Hall–Kier alpha value is -3.21. The predicted molar refractivity (Wildman–Crippen MR) is 95.9 cm³/mol. The van der Waals surface area contributed by atoms with Crippen molar-refractivity contribution < 1.29 is 4.39 Å². The van der Waals surface area contributed by atoms with Crippen LogP contribution in [0.1, 0.15) is 5.56 Å². The molecule has 0 amide bonds. The summed E-state index contributed by atoms with van der Waals surface area (Å²) < 4.78 is 16.5. The number of aryl methyl sites for hydroxylation is 1. The molecule has 0 aliphatic heterocycles. The summed E-state index contributed by atoms with van der Waals surface area (Å²) in [5, 5.41) is 5.48. The first-order valence-electron chi connectivity index (χ1n) is 7.97. The first-order valence-corrected chi connectivity index (χ1v) is 7.97. The largest absolute Gasteiger partial charge is 0.318 e. The maximum absolute atomic E-state index is 13.1. The van der Waals surface area contributed by atoms with Gasteiger partial charge in [-0.2, -0.15) is 5.10 Å². The van der Waals surface area contributed by atoms with E-state index >= 15 is 0 Å². The highest BCUT2D eigenvalue weighted by Crippen LogP contribution is 2.24. The summed E-state index contributed by atoms with van der Waals surface area (Å²) in [6, 6.07) is 15.9. The highest BCUT2D eigenvalue weighted by molar-refractivity contribution is 5.84. The Balaban J connectivity index is 1.75. The van der Waals surface area contributed by atoms with Gasteiger partial charge in [0, 0.05) is 24.7 Å². The van der Waals surface area contributed by atoms with Crippen LogP contribution in [0.25, 0.3) is 22.0 Å². The molecule has 0 saturated carbocycles. The first-order chi connectivity index (χ1) is 12.1. The molecule has 0 aliphatic carbocycles. The maximum Gasteiger partial charge on any atom is 0.250 e. The number of rotatable bonds is 3. The van der Waals surface area contributed by atoms with Crippen molar-refractivity contribution in [2.45, 2.75) is 6.54 Å². The molecule has 0 unspecified atom stereocenters. The molecule has 0 atom stereocenters. The van der Waals surface area contributed by atoms with Gasteiger partial charge < -0.3 is 4.57 Å². The molecule has 0 spiro atoms. The van der Waals surface area contributed by atoms with Gasteiger partial charge in [-0.1, -0.05) is 24.3 Å². The van der Waals surface area contributed by atoms with Crippen molar-refractivity contribution >= 4 is 10.9 Å². The Kier molecular flexibility index (Phi) is 3.69. The van der Waals surface area contributed by atoms with Gasteiger partial charge in [0.1, 0.15) is 5.82 Å². The van der Waals surface area contributed by atoms with Crippen molar-refractivity contribution in [3.05, 3.63) is 88.7 Å². The minimum atomic E-state index is -0.244. The molecule has 2 heterocycles. The minimum absolute atomic E-state index is 0.0359. The van der Waals surface area contributed by atoms with Crippen LogP contribution in [0.15, 0.2) is 71.8 Å².